The maximum absolute atomic E-state index is 11.6. The van der Waals surface area contributed by atoms with Crippen LogP contribution >= 0.6 is 0 Å². The standard InChI is InChI=1S/C19H25N3O4/c1-13(2)8-16(18(23)24)21-17(19(25)26)9-15-10-20-22(12-15)11-14-6-4-3-5-7-14/h3-7,10,12-13,16-17,21H,8-9,11H2,1-2H3,(H,23,24)(H,25,26). The molecule has 0 radical (unpaired) electrons. The van der Waals surface area contributed by atoms with E-state index in [1.807, 2.05) is 44.2 Å². The molecule has 2 rings (SSSR count). The van der Waals surface area contributed by atoms with Crippen molar-refractivity contribution in [1.29, 1.82) is 0 Å². The molecular formula is C19H25N3O4. The van der Waals surface area contributed by atoms with Crippen LogP contribution in [-0.2, 0) is 22.6 Å². The average molecular weight is 359 g/mol. The molecule has 2 unspecified atom stereocenters. The third-order valence-electron chi connectivity index (χ3n) is 4.02. The smallest absolute Gasteiger partial charge is 0.321 e. The van der Waals surface area contributed by atoms with Crippen LogP contribution in [0, 0.1) is 5.92 Å². The summed E-state index contributed by atoms with van der Waals surface area (Å²) >= 11 is 0. The Morgan fingerprint density at radius 3 is 2.31 bits per heavy atom. The zero-order valence-electron chi connectivity index (χ0n) is 15.0. The molecule has 0 amide bonds. The van der Waals surface area contributed by atoms with Gasteiger partial charge in [0.25, 0.3) is 0 Å². The number of aromatic nitrogens is 2. The topological polar surface area (TPSA) is 104 Å². The van der Waals surface area contributed by atoms with E-state index < -0.39 is 24.0 Å². The summed E-state index contributed by atoms with van der Waals surface area (Å²) in [5.74, 6) is -1.97. The van der Waals surface area contributed by atoms with Crippen LogP contribution in [0.1, 0.15) is 31.4 Å². The van der Waals surface area contributed by atoms with Crippen molar-refractivity contribution in [1.82, 2.24) is 15.1 Å². The minimum atomic E-state index is -1.07. The summed E-state index contributed by atoms with van der Waals surface area (Å²) < 4.78 is 1.74. The first kappa shape index (κ1) is 19.7. The second kappa shape index (κ2) is 9.15. The van der Waals surface area contributed by atoms with Crippen LogP contribution in [0.4, 0.5) is 0 Å². The van der Waals surface area contributed by atoms with Gasteiger partial charge in [0.2, 0.25) is 0 Å². The van der Waals surface area contributed by atoms with Crippen molar-refractivity contribution in [3.8, 4) is 0 Å². The Balaban J connectivity index is 2.03. The lowest BCUT2D eigenvalue weighted by Gasteiger charge is -2.21. The van der Waals surface area contributed by atoms with Crippen LogP contribution in [0.25, 0.3) is 0 Å². The van der Waals surface area contributed by atoms with Crippen molar-refractivity contribution in [3.05, 3.63) is 53.9 Å². The molecule has 0 fully saturated rings. The highest BCUT2D eigenvalue weighted by Gasteiger charge is 2.27. The molecule has 3 N–H and O–H groups in total. The van der Waals surface area contributed by atoms with Crippen molar-refractivity contribution in [2.45, 2.75) is 45.3 Å². The minimum absolute atomic E-state index is 0.145. The van der Waals surface area contributed by atoms with Crippen LogP contribution in [-0.4, -0.2) is 44.0 Å². The summed E-state index contributed by atoms with van der Waals surface area (Å²) in [6.07, 6.45) is 3.96. The average Bonchev–Trinajstić information content (AvgIpc) is 3.00. The number of hydrogen-bond donors (Lipinski definition) is 3. The Hall–Kier alpha value is -2.67. The van der Waals surface area contributed by atoms with Crippen molar-refractivity contribution in [3.63, 3.8) is 0 Å². The highest BCUT2D eigenvalue weighted by atomic mass is 16.4. The molecule has 0 saturated carbocycles. The number of carbonyl (C=O) groups is 2. The van der Waals surface area contributed by atoms with Gasteiger partial charge in [-0.05, 0) is 23.5 Å². The van der Waals surface area contributed by atoms with Crippen LogP contribution in [0.3, 0.4) is 0 Å². The van der Waals surface area contributed by atoms with Crippen LogP contribution in [0.5, 0.6) is 0 Å². The number of aliphatic carboxylic acids is 2. The Kier molecular flexibility index (Phi) is 6.91. The number of rotatable bonds is 10. The van der Waals surface area contributed by atoms with E-state index in [0.717, 1.165) is 11.1 Å². The summed E-state index contributed by atoms with van der Waals surface area (Å²) in [7, 11) is 0. The molecule has 0 aliphatic rings. The lowest BCUT2D eigenvalue weighted by molar-refractivity contribution is -0.142. The zero-order chi connectivity index (χ0) is 19.1. The highest BCUT2D eigenvalue weighted by Crippen LogP contribution is 2.10. The maximum atomic E-state index is 11.6. The van der Waals surface area contributed by atoms with E-state index >= 15 is 0 Å². The van der Waals surface area contributed by atoms with Gasteiger partial charge in [-0.1, -0.05) is 44.2 Å². The number of benzene rings is 1. The van der Waals surface area contributed by atoms with E-state index in [-0.39, 0.29) is 12.3 Å². The maximum Gasteiger partial charge on any atom is 0.321 e. The van der Waals surface area contributed by atoms with Crippen molar-refractivity contribution >= 4 is 11.9 Å². The number of carboxylic acids is 2. The first-order chi connectivity index (χ1) is 12.3. The molecule has 1 aromatic heterocycles. The van der Waals surface area contributed by atoms with E-state index in [1.54, 1.807) is 17.1 Å². The fourth-order valence-electron chi connectivity index (χ4n) is 2.78. The Bertz CT molecular complexity index is 727. The first-order valence-corrected chi connectivity index (χ1v) is 8.62. The normalized spacial score (nSPS) is 13.5. The molecule has 2 aromatic rings. The van der Waals surface area contributed by atoms with Gasteiger partial charge in [0.05, 0.1) is 12.7 Å². The SMILES string of the molecule is CC(C)CC(NC(Cc1cnn(Cc2ccccc2)c1)C(=O)O)C(=O)O. The zero-order valence-corrected chi connectivity index (χ0v) is 15.0. The van der Waals surface area contributed by atoms with E-state index in [2.05, 4.69) is 10.4 Å². The molecule has 26 heavy (non-hydrogen) atoms. The van der Waals surface area contributed by atoms with E-state index in [1.165, 1.54) is 0 Å². The van der Waals surface area contributed by atoms with Gasteiger partial charge in [-0.3, -0.25) is 19.6 Å². The molecule has 0 aliphatic carbocycles. The van der Waals surface area contributed by atoms with Crippen molar-refractivity contribution in [2.75, 3.05) is 0 Å². The minimum Gasteiger partial charge on any atom is -0.480 e. The number of carboxylic acid groups (broad SMARTS) is 2. The Morgan fingerprint density at radius 2 is 1.73 bits per heavy atom. The predicted octanol–water partition coefficient (Wildman–Crippen LogP) is 2.02. The summed E-state index contributed by atoms with van der Waals surface area (Å²) in [5.41, 5.74) is 1.84. The van der Waals surface area contributed by atoms with Crippen LogP contribution < -0.4 is 5.32 Å². The van der Waals surface area contributed by atoms with Crippen molar-refractivity contribution < 1.29 is 19.8 Å². The number of hydrogen-bond acceptors (Lipinski definition) is 4. The largest absolute Gasteiger partial charge is 0.480 e. The molecule has 0 spiro atoms. The van der Waals surface area contributed by atoms with E-state index in [9.17, 15) is 19.8 Å². The number of nitrogens with one attached hydrogen (secondary N) is 1. The van der Waals surface area contributed by atoms with Crippen LogP contribution in [0.15, 0.2) is 42.7 Å². The molecule has 2 atom stereocenters. The fourth-order valence-corrected chi connectivity index (χ4v) is 2.78. The summed E-state index contributed by atoms with van der Waals surface area (Å²) in [6, 6.07) is 7.95. The molecule has 0 aliphatic heterocycles. The van der Waals surface area contributed by atoms with Gasteiger partial charge in [0.15, 0.2) is 0 Å². The third-order valence-corrected chi connectivity index (χ3v) is 4.02. The Labute approximate surface area is 152 Å². The highest BCUT2D eigenvalue weighted by molar-refractivity contribution is 5.77. The summed E-state index contributed by atoms with van der Waals surface area (Å²) in [5, 5.41) is 25.8. The molecule has 1 heterocycles. The predicted molar refractivity (Wildman–Crippen MR) is 96.9 cm³/mol. The first-order valence-electron chi connectivity index (χ1n) is 8.62. The quantitative estimate of drug-likeness (QED) is 0.599. The lowest BCUT2D eigenvalue weighted by atomic mass is 10.0. The summed E-state index contributed by atoms with van der Waals surface area (Å²) in [4.78, 5) is 22.9. The molecule has 0 bridgehead atoms. The molecule has 140 valence electrons. The van der Waals surface area contributed by atoms with Gasteiger partial charge >= 0.3 is 11.9 Å². The monoisotopic (exact) mass is 359 g/mol. The van der Waals surface area contributed by atoms with Crippen molar-refractivity contribution in [2.24, 2.45) is 5.92 Å². The molecule has 7 heteroatoms. The second-order valence-electron chi connectivity index (χ2n) is 6.81. The van der Waals surface area contributed by atoms with Crippen LogP contribution in [0.2, 0.25) is 0 Å². The van der Waals surface area contributed by atoms with Gasteiger partial charge in [-0.15, -0.1) is 0 Å². The van der Waals surface area contributed by atoms with Gasteiger partial charge in [0.1, 0.15) is 12.1 Å². The van der Waals surface area contributed by atoms with Gasteiger partial charge in [-0.25, -0.2) is 0 Å². The second-order valence-corrected chi connectivity index (χ2v) is 6.81. The van der Waals surface area contributed by atoms with Gasteiger partial charge in [0, 0.05) is 12.6 Å². The fraction of sp³-hybridized carbons (Fsp3) is 0.421. The molecule has 7 nitrogen and oxygen atoms in total. The third kappa shape index (κ3) is 6.00. The molecule has 0 saturated heterocycles. The Morgan fingerprint density at radius 1 is 1.08 bits per heavy atom. The summed E-state index contributed by atoms with van der Waals surface area (Å²) in [6.45, 7) is 4.40. The number of nitrogens with zero attached hydrogens (tertiary/aromatic N) is 2. The van der Waals surface area contributed by atoms with E-state index in [0.29, 0.717) is 13.0 Å². The lowest BCUT2D eigenvalue weighted by Crippen LogP contribution is -2.48. The van der Waals surface area contributed by atoms with Gasteiger partial charge in [-0.2, -0.15) is 5.10 Å². The van der Waals surface area contributed by atoms with E-state index in [4.69, 9.17) is 0 Å². The molecule has 1 aromatic carbocycles. The molecular weight excluding hydrogens is 334 g/mol. The van der Waals surface area contributed by atoms with Gasteiger partial charge < -0.3 is 10.2 Å².